The molecule has 0 unspecified atom stereocenters. The summed E-state index contributed by atoms with van der Waals surface area (Å²) < 4.78 is 49.6. The van der Waals surface area contributed by atoms with Crippen LogP contribution < -0.4 is 11.1 Å². The van der Waals surface area contributed by atoms with E-state index in [2.05, 4.69) is 10.1 Å². The molecule has 0 saturated heterocycles. The van der Waals surface area contributed by atoms with Crippen molar-refractivity contribution in [3.05, 3.63) is 62.3 Å². The van der Waals surface area contributed by atoms with E-state index in [0.717, 1.165) is 18.4 Å². The summed E-state index contributed by atoms with van der Waals surface area (Å²) in [5.41, 5.74) is -1.25. The minimum Gasteiger partial charge on any atom is -0.377 e. The molecule has 4 saturated carbocycles. The Hall–Kier alpha value is -3.08. The fourth-order valence-corrected chi connectivity index (χ4v) is 6.48. The highest BCUT2D eigenvalue weighted by Gasteiger charge is 2.79. The molecule has 38 heavy (non-hydrogen) atoms. The molecule has 11 heteroatoms. The number of alkyl halides is 3. The lowest BCUT2D eigenvalue weighted by Crippen LogP contribution is -2.70. The number of rotatable bonds is 8. The van der Waals surface area contributed by atoms with E-state index in [1.807, 2.05) is 13.1 Å². The average Bonchev–Trinajstić information content (AvgIpc) is 3.66. The van der Waals surface area contributed by atoms with Crippen LogP contribution in [0.3, 0.4) is 0 Å². The molecule has 3 heterocycles. The zero-order valence-electron chi connectivity index (χ0n) is 21.6. The molecule has 0 aromatic carbocycles. The minimum atomic E-state index is -4.25. The van der Waals surface area contributed by atoms with Gasteiger partial charge in [-0.2, -0.15) is 18.3 Å². The lowest BCUT2D eigenvalue weighted by Gasteiger charge is -2.70. The van der Waals surface area contributed by atoms with E-state index in [4.69, 9.17) is 9.72 Å². The van der Waals surface area contributed by atoms with E-state index >= 15 is 0 Å². The highest BCUT2D eigenvalue weighted by Crippen LogP contribution is 2.78. The maximum Gasteiger partial charge on any atom is 0.394 e. The van der Waals surface area contributed by atoms with Gasteiger partial charge in [-0.05, 0) is 56.6 Å². The zero-order chi connectivity index (χ0) is 27.0. The number of aryl methyl sites for hydroxylation is 1. The second kappa shape index (κ2) is 8.46. The number of fused-ring (bicyclic) bond motifs is 1. The van der Waals surface area contributed by atoms with Crippen LogP contribution in [0.1, 0.15) is 87.0 Å². The number of nitrogens with zero attached hydrogens (tertiary/aromatic N) is 5. The van der Waals surface area contributed by atoms with Gasteiger partial charge in [-0.3, -0.25) is 9.59 Å². The predicted octanol–water partition coefficient (Wildman–Crippen LogP) is 4.48. The van der Waals surface area contributed by atoms with Crippen molar-refractivity contribution in [1.82, 2.24) is 24.3 Å². The number of hydrogen-bond acceptors (Lipinski definition) is 6. The summed E-state index contributed by atoms with van der Waals surface area (Å²) in [6.07, 6.45) is 1.77. The molecule has 0 spiro atoms. The Labute approximate surface area is 216 Å². The van der Waals surface area contributed by atoms with E-state index in [1.54, 1.807) is 23.8 Å². The van der Waals surface area contributed by atoms with E-state index in [9.17, 15) is 22.8 Å². The van der Waals surface area contributed by atoms with Crippen LogP contribution in [0, 0.1) is 5.41 Å². The summed E-state index contributed by atoms with van der Waals surface area (Å²) in [7, 11) is 3.13. The van der Waals surface area contributed by atoms with Crippen molar-refractivity contribution in [1.29, 1.82) is 0 Å². The summed E-state index contributed by atoms with van der Waals surface area (Å²) in [5.74, 6) is 0.216. The summed E-state index contributed by atoms with van der Waals surface area (Å²) in [6, 6.07) is 3.56. The number of hydrogen-bond donors (Lipinski definition) is 0. The van der Waals surface area contributed by atoms with Crippen molar-refractivity contribution in [2.75, 3.05) is 7.11 Å². The van der Waals surface area contributed by atoms with Gasteiger partial charge < -0.3 is 9.30 Å². The molecule has 3 aromatic rings. The van der Waals surface area contributed by atoms with Crippen LogP contribution in [0.4, 0.5) is 13.2 Å². The number of aromatic nitrogens is 5. The molecule has 4 aliphatic carbocycles. The smallest absolute Gasteiger partial charge is 0.377 e. The molecule has 4 aliphatic rings. The molecular weight excluding hydrogens is 499 g/mol. The molecule has 2 atom stereocenters. The van der Waals surface area contributed by atoms with Crippen molar-refractivity contribution in [3.8, 4) is 0 Å². The number of methoxy groups -OCH3 is 1. The highest BCUT2D eigenvalue weighted by molar-refractivity contribution is 5.81. The van der Waals surface area contributed by atoms with Crippen LogP contribution in [0.15, 0.2) is 34.1 Å². The summed E-state index contributed by atoms with van der Waals surface area (Å²) in [6.45, 7) is 1.99. The topological polar surface area (TPSA) is 91.9 Å². The molecule has 202 valence electrons. The summed E-state index contributed by atoms with van der Waals surface area (Å²) >= 11 is 0. The predicted molar refractivity (Wildman–Crippen MR) is 133 cm³/mol. The fourth-order valence-electron chi connectivity index (χ4n) is 6.48. The Morgan fingerprint density at radius 3 is 2.47 bits per heavy atom. The molecular formula is C27H30F3N5O3. The second-order valence-electron chi connectivity index (χ2n) is 11.4. The largest absolute Gasteiger partial charge is 0.394 e. The molecule has 7 rings (SSSR count). The number of ether oxygens (including phenoxy) is 1. The minimum absolute atomic E-state index is 0.0234. The van der Waals surface area contributed by atoms with Crippen molar-refractivity contribution in [3.63, 3.8) is 0 Å². The third-order valence-electron chi connectivity index (χ3n) is 8.87. The first kappa shape index (κ1) is 25.2. The van der Waals surface area contributed by atoms with Gasteiger partial charge in [0.05, 0.1) is 23.4 Å². The molecule has 4 fully saturated rings. The molecule has 0 radical (unpaired) electrons. The quantitative estimate of drug-likeness (QED) is 0.428. The van der Waals surface area contributed by atoms with Crippen molar-refractivity contribution in [2.45, 2.75) is 81.5 Å². The first-order chi connectivity index (χ1) is 18.0. The van der Waals surface area contributed by atoms with Gasteiger partial charge in [0.15, 0.2) is 0 Å². The maximum atomic E-state index is 13.6. The summed E-state index contributed by atoms with van der Waals surface area (Å²) in [5, 5.41) is 4.54. The first-order valence-electron chi connectivity index (χ1n) is 13.1. The normalized spacial score (nSPS) is 26.1. The molecule has 0 amide bonds. The van der Waals surface area contributed by atoms with Crippen LogP contribution in [0.25, 0.3) is 10.9 Å². The van der Waals surface area contributed by atoms with Crippen LogP contribution in [-0.4, -0.2) is 37.6 Å². The Balaban J connectivity index is 1.38. The van der Waals surface area contributed by atoms with Crippen LogP contribution in [0.5, 0.6) is 0 Å². The van der Waals surface area contributed by atoms with Gasteiger partial charge >= 0.3 is 6.18 Å². The molecule has 3 aromatic heterocycles. The fraction of sp³-hybridized carbons (Fsp3) is 0.593. The lowest BCUT2D eigenvalue weighted by atomic mass is 9.33. The van der Waals surface area contributed by atoms with Crippen molar-refractivity contribution >= 4 is 10.9 Å². The Bertz CT molecular complexity index is 1520. The monoisotopic (exact) mass is 529 g/mol. The SMILES string of the molecule is CC[C@@H](C[C@@H](OC)c1ccc(=O)n(C2CC2)c1)c1nc(C23CC(C(F)(F)F)(C2)C3)c2cnn(C)c(=O)c2n1. The molecule has 8 nitrogen and oxygen atoms in total. The van der Waals surface area contributed by atoms with Gasteiger partial charge in [0.1, 0.15) is 11.3 Å². The van der Waals surface area contributed by atoms with Crippen molar-refractivity contribution in [2.24, 2.45) is 12.5 Å². The van der Waals surface area contributed by atoms with E-state index in [-0.39, 0.29) is 48.4 Å². The van der Waals surface area contributed by atoms with Crippen LogP contribution in [0.2, 0.25) is 0 Å². The van der Waals surface area contributed by atoms with Crippen molar-refractivity contribution < 1.29 is 17.9 Å². The van der Waals surface area contributed by atoms with Gasteiger partial charge in [-0.15, -0.1) is 0 Å². The third kappa shape index (κ3) is 3.72. The van der Waals surface area contributed by atoms with Gasteiger partial charge in [0.25, 0.3) is 11.1 Å². The van der Waals surface area contributed by atoms with Gasteiger partial charge in [0, 0.05) is 49.2 Å². The molecule has 0 N–H and O–H groups in total. The van der Waals surface area contributed by atoms with Gasteiger partial charge in [-0.1, -0.05) is 6.92 Å². The summed E-state index contributed by atoms with van der Waals surface area (Å²) in [4.78, 5) is 34.8. The van der Waals surface area contributed by atoms with Crippen LogP contribution in [-0.2, 0) is 17.2 Å². The van der Waals surface area contributed by atoms with E-state index in [0.29, 0.717) is 29.7 Å². The second-order valence-corrected chi connectivity index (χ2v) is 11.4. The lowest BCUT2D eigenvalue weighted by molar-refractivity contribution is -0.337. The highest BCUT2D eigenvalue weighted by atomic mass is 19.4. The number of pyridine rings is 1. The Kier molecular flexibility index (Phi) is 5.61. The zero-order valence-corrected chi connectivity index (χ0v) is 21.6. The van der Waals surface area contributed by atoms with Gasteiger partial charge in [0.2, 0.25) is 0 Å². The number of halogens is 3. The van der Waals surface area contributed by atoms with E-state index in [1.165, 1.54) is 17.9 Å². The standard InChI is InChI=1S/C27H30F3N5O3/c1-4-15(9-19(38-3)16-5-8-20(36)35(11-16)17-6-7-17)23-32-21-18(10-31-34(2)24(21)37)22(33-23)25-12-26(13-25,14-25)27(28,29)30/h5,8,10-11,15,17,19H,4,6-7,9,12-14H2,1-3H3/t15-,19+,25?,26?/m0/s1. The maximum absolute atomic E-state index is 13.6. The molecule has 0 aliphatic heterocycles. The van der Waals surface area contributed by atoms with Crippen LogP contribution >= 0.6 is 0 Å². The third-order valence-corrected chi connectivity index (χ3v) is 8.87. The molecule has 2 bridgehead atoms. The first-order valence-corrected chi connectivity index (χ1v) is 13.1. The Morgan fingerprint density at radius 2 is 1.87 bits per heavy atom. The van der Waals surface area contributed by atoms with E-state index < -0.39 is 22.6 Å². The van der Waals surface area contributed by atoms with Gasteiger partial charge in [-0.25, -0.2) is 14.6 Å². The Morgan fingerprint density at radius 1 is 1.16 bits per heavy atom. The average molecular weight is 530 g/mol.